The van der Waals surface area contributed by atoms with Crippen LogP contribution in [0.1, 0.15) is 33.3 Å². The molecule has 124 valence electrons. The molecule has 0 spiro atoms. The van der Waals surface area contributed by atoms with Crippen molar-refractivity contribution >= 4 is 18.5 Å². The largest absolute Gasteiger partial charge is 0.507 e. The van der Waals surface area contributed by atoms with E-state index in [0.29, 0.717) is 5.75 Å². The number of phenols is 1. The van der Waals surface area contributed by atoms with E-state index in [1.165, 1.54) is 5.30 Å². The zero-order valence-corrected chi connectivity index (χ0v) is 15.7. The monoisotopic (exact) mass is 336 g/mol. The second kappa shape index (κ2) is 6.22. The Labute approximate surface area is 146 Å². The summed E-state index contributed by atoms with van der Waals surface area (Å²) in [5.41, 5.74) is 0.929. The van der Waals surface area contributed by atoms with Crippen LogP contribution in [0.5, 0.6) is 5.75 Å². The molecule has 0 fully saturated rings. The molecule has 2 aromatic rings. The summed E-state index contributed by atoms with van der Waals surface area (Å²) in [6.45, 7) is 8.70. The number of aromatic hydroxyl groups is 1. The van der Waals surface area contributed by atoms with Gasteiger partial charge in [0.2, 0.25) is 0 Å². The van der Waals surface area contributed by atoms with Crippen molar-refractivity contribution in [2.75, 3.05) is 0 Å². The number of rotatable bonds is 3. The van der Waals surface area contributed by atoms with Crippen molar-refractivity contribution < 1.29 is 5.11 Å². The van der Waals surface area contributed by atoms with E-state index in [2.05, 4.69) is 88.4 Å². The van der Waals surface area contributed by atoms with Crippen molar-refractivity contribution in [1.82, 2.24) is 0 Å². The molecule has 1 nitrogen and oxygen atoms in total. The predicted octanol–water partition coefficient (Wildman–Crippen LogP) is 5.01. The standard InChI is InChI=1S/C22H25OP/c1-21(2,3)18-13-10-14-19(20(18)23)24(17-11-6-5-7-12-17)22(4)15-8-9-16-22/h5-16,23H,1-4H3. The molecule has 3 rings (SSSR count). The highest BCUT2D eigenvalue weighted by Crippen LogP contribution is 2.53. The van der Waals surface area contributed by atoms with E-state index >= 15 is 0 Å². The lowest BCUT2D eigenvalue weighted by Gasteiger charge is -2.34. The van der Waals surface area contributed by atoms with Crippen LogP contribution < -0.4 is 10.6 Å². The number of hydrogen-bond donors (Lipinski definition) is 1. The smallest absolute Gasteiger partial charge is 0.127 e. The highest BCUT2D eigenvalue weighted by atomic mass is 31.1. The topological polar surface area (TPSA) is 20.2 Å². The first-order valence-electron chi connectivity index (χ1n) is 8.38. The summed E-state index contributed by atoms with van der Waals surface area (Å²) in [5.74, 6) is 0.454. The van der Waals surface area contributed by atoms with E-state index in [1.807, 2.05) is 12.1 Å². The van der Waals surface area contributed by atoms with E-state index in [1.54, 1.807) is 0 Å². The molecule has 24 heavy (non-hydrogen) atoms. The molecular formula is C22H25OP. The molecule has 0 saturated carbocycles. The Hall–Kier alpha value is -1.85. The molecule has 0 amide bonds. The fraction of sp³-hybridized carbons (Fsp3) is 0.273. The first kappa shape index (κ1) is 17.0. The number of phenolic OH excluding ortho intramolecular Hbond substituents is 1. The molecule has 2 heteroatoms. The summed E-state index contributed by atoms with van der Waals surface area (Å²) < 4.78 is 0. The molecule has 0 radical (unpaired) electrons. The Balaban J connectivity index is 2.21. The highest BCUT2D eigenvalue weighted by Gasteiger charge is 2.36. The van der Waals surface area contributed by atoms with Gasteiger partial charge in [-0.05, 0) is 31.1 Å². The van der Waals surface area contributed by atoms with Gasteiger partial charge in [0.15, 0.2) is 0 Å². The molecule has 1 unspecified atom stereocenters. The van der Waals surface area contributed by atoms with E-state index < -0.39 is 7.92 Å². The van der Waals surface area contributed by atoms with E-state index in [9.17, 15) is 5.11 Å². The van der Waals surface area contributed by atoms with Crippen LogP contribution >= 0.6 is 7.92 Å². The molecule has 1 atom stereocenters. The molecule has 1 aliphatic carbocycles. The Morgan fingerprint density at radius 2 is 1.50 bits per heavy atom. The number of para-hydroxylation sites is 1. The summed E-state index contributed by atoms with van der Waals surface area (Å²) in [4.78, 5) is 0. The van der Waals surface area contributed by atoms with Gasteiger partial charge in [-0.2, -0.15) is 0 Å². The third-order valence-electron chi connectivity index (χ3n) is 4.54. The SMILES string of the molecule is CC(C)(C)c1cccc(P(c2ccccc2)C2(C)C=CC=C2)c1O. The molecule has 2 aromatic carbocycles. The van der Waals surface area contributed by atoms with Crippen LogP contribution in [0.15, 0.2) is 72.8 Å². The summed E-state index contributed by atoms with van der Waals surface area (Å²) in [7, 11) is -0.742. The van der Waals surface area contributed by atoms with Gasteiger partial charge in [0.1, 0.15) is 5.75 Å². The number of hydrogen-bond acceptors (Lipinski definition) is 1. The lowest BCUT2D eigenvalue weighted by molar-refractivity contribution is 0.451. The molecule has 0 heterocycles. The van der Waals surface area contributed by atoms with Gasteiger partial charge >= 0.3 is 0 Å². The molecule has 1 N–H and O–H groups in total. The van der Waals surface area contributed by atoms with Crippen LogP contribution in [0.2, 0.25) is 0 Å². The van der Waals surface area contributed by atoms with Crippen LogP contribution in [-0.2, 0) is 5.41 Å². The molecule has 0 saturated heterocycles. The highest BCUT2D eigenvalue weighted by molar-refractivity contribution is 7.75. The van der Waals surface area contributed by atoms with Gasteiger partial charge in [0.25, 0.3) is 0 Å². The maximum absolute atomic E-state index is 11.1. The average molecular weight is 336 g/mol. The van der Waals surface area contributed by atoms with E-state index in [-0.39, 0.29) is 10.6 Å². The summed E-state index contributed by atoms with van der Waals surface area (Å²) in [5, 5.41) is 13.4. The quantitative estimate of drug-likeness (QED) is 0.782. The zero-order valence-electron chi connectivity index (χ0n) is 14.8. The lowest BCUT2D eigenvalue weighted by Crippen LogP contribution is -2.29. The van der Waals surface area contributed by atoms with Crippen molar-refractivity contribution in [1.29, 1.82) is 0 Å². The van der Waals surface area contributed by atoms with Crippen molar-refractivity contribution in [3.05, 3.63) is 78.4 Å². The first-order chi connectivity index (χ1) is 11.3. The molecule has 1 aliphatic rings. The van der Waals surface area contributed by atoms with Crippen molar-refractivity contribution in [3.63, 3.8) is 0 Å². The third kappa shape index (κ3) is 3.06. The Bertz CT molecular complexity index is 769. The summed E-state index contributed by atoms with van der Waals surface area (Å²) >= 11 is 0. The fourth-order valence-electron chi connectivity index (χ4n) is 3.28. The van der Waals surface area contributed by atoms with Gasteiger partial charge in [0, 0.05) is 10.5 Å². The van der Waals surface area contributed by atoms with Gasteiger partial charge in [-0.15, -0.1) is 0 Å². The van der Waals surface area contributed by atoms with E-state index in [4.69, 9.17) is 0 Å². The summed E-state index contributed by atoms with van der Waals surface area (Å²) in [6.07, 6.45) is 8.75. The summed E-state index contributed by atoms with van der Waals surface area (Å²) in [6, 6.07) is 16.8. The minimum atomic E-state index is -0.742. The Morgan fingerprint density at radius 1 is 0.875 bits per heavy atom. The van der Waals surface area contributed by atoms with Gasteiger partial charge < -0.3 is 5.11 Å². The Kier molecular flexibility index (Phi) is 4.40. The lowest BCUT2D eigenvalue weighted by atomic mass is 9.86. The van der Waals surface area contributed by atoms with Crippen molar-refractivity contribution in [3.8, 4) is 5.75 Å². The average Bonchev–Trinajstić information content (AvgIpc) is 2.96. The van der Waals surface area contributed by atoms with Crippen LogP contribution in [0, 0.1) is 0 Å². The van der Waals surface area contributed by atoms with Gasteiger partial charge in [-0.25, -0.2) is 0 Å². The van der Waals surface area contributed by atoms with Gasteiger partial charge in [-0.1, -0.05) is 93.6 Å². The van der Waals surface area contributed by atoms with Crippen LogP contribution in [-0.4, -0.2) is 10.3 Å². The van der Waals surface area contributed by atoms with Crippen molar-refractivity contribution in [2.24, 2.45) is 0 Å². The second-order valence-electron chi connectivity index (χ2n) is 7.54. The molecule has 0 aliphatic heterocycles. The number of allylic oxidation sites excluding steroid dienone is 4. The third-order valence-corrected chi connectivity index (χ3v) is 7.46. The number of benzene rings is 2. The minimum absolute atomic E-state index is 0.0787. The van der Waals surface area contributed by atoms with Crippen LogP contribution in [0.4, 0.5) is 0 Å². The van der Waals surface area contributed by atoms with Gasteiger partial charge in [0.05, 0.1) is 0 Å². The molecule has 0 bridgehead atoms. The predicted molar refractivity (Wildman–Crippen MR) is 106 cm³/mol. The maximum atomic E-state index is 11.1. The van der Waals surface area contributed by atoms with Crippen LogP contribution in [0.25, 0.3) is 0 Å². The van der Waals surface area contributed by atoms with Crippen molar-refractivity contribution in [2.45, 2.75) is 38.3 Å². The zero-order chi connectivity index (χ0) is 17.4. The maximum Gasteiger partial charge on any atom is 0.127 e. The van der Waals surface area contributed by atoms with E-state index in [0.717, 1.165) is 10.9 Å². The normalized spacial score (nSPS) is 17.2. The Morgan fingerprint density at radius 3 is 2.08 bits per heavy atom. The minimum Gasteiger partial charge on any atom is -0.507 e. The van der Waals surface area contributed by atoms with Crippen LogP contribution in [0.3, 0.4) is 0 Å². The fourth-order valence-corrected chi connectivity index (χ4v) is 6.14. The van der Waals surface area contributed by atoms with Gasteiger partial charge in [-0.3, -0.25) is 0 Å². The first-order valence-corrected chi connectivity index (χ1v) is 9.72. The molecule has 0 aromatic heterocycles. The molecular weight excluding hydrogens is 311 g/mol. The second-order valence-corrected chi connectivity index (χ2v) is 10.2.